The van der Waals surface area contributed by atoms with Crippen molar-refractivity contribution in [2.24, 2.45) is 0 Å². The van der Waals surface area contributed by atoms with Crippen molar-refractivity contribution in [1.29, 1.82) is 0 Å². The van der Waals surface area contributed by atoms with Crippen LogP contribution in [0.2, 0.25) is 1.41 Å². The molecule has 3 aromatic rings. The zero-order chi connectivity index (χ0) is 18.6. The minimum atomic E-state index is -1.88. The molecule has 3 aromatic heterocycles. The highest BCUT2D eigenvalue weighted by Crippen LogP contribution is 2.42. The molecule has 4 heterocycles. The number of aliphatic hydroxyl groups excluding tert-OH is 3. The summed E-state index contributed by atoms with van der Waals surface area (Å²) in [5.41, 5.74) is 2.65. The molecule has 6 N–H and O–H groups in total. The standard InChI is InChI=1S/C14H15N5O6/c15-13-17-11-8(12(23)18-13)16-5-19(11)14(7-2-1-3-24-7)10(22)9(21)6(4-20)25-14/h1-3,5-6,9-10,20-22H,4H2,(H3,15,17,18,23)/t6-,9-,10-,14-/m1/s1/i/hD. The summed E-state index contributed by atoms with van der Waals surface area (Å²) in [4.78, 5) is 20.2. The van der Waals surface area contributed by atoms with Gasteiger partial charge in [0.1, 0.15) is 30.3 Å². The summed E-state index contributed by atoms with van der Waals surface area (Å²) in [5, 5.41) is 30.5. The van der Waals surface area contributed by atoms with Crippen molar-refractivity contribution in [3.8, 4) is 0 Å². The van der Waals surface area contributed by atoms with Crippen LogP contribution in [0.1, 0.15) is 5.76 Å². The number of nitrogens with zero attached hydrogens (tertiary/aromatic N) is 3. The molecule has 0 bridgehead atoms. The van der Waals surface area contributed by atoms with Crippen molar-refractivity contribution in [2.45, 2.75) is 24.0 Å². The second kappa shape index (κ2) is 5.39. The number of hydrogen-bond acceptors (Lipinski definition) is 9. The van der Waals surface area contributed by atoms with Crippen molar-refractivity contribution >= 4 is 17.1 Å². The number of aromatic nitrogens is 4. The molecule has 25 heavy (non-hydrogen) atoms. The lowest BCUT2D eigenvalue weighted by atomic mass is 10.00. The number of hydrogen-bond donors (Lipinski definition) is 5. The largest absolute Gasteiger partial charge is 0.464 e. The summed E-state index contributed by atoms with van der Waals surface area (Å²) in [5.74, 6) is -0.326. The van der Waals surface area contributed by atoms with Gasteiger partial charge in [0.2, 0.25) is 11.7 Å². The smallest absolute Gasteiger partial charge is 0.302 e. The van der Waals surface area contributed by atoms with E-state index < -0.39 is 42.2 Å². The molecule has 0 unspecified atom stereocenters. The number of H-pyrrole nitrogens is 1. The Morgan fingerprint density at radius 1 is 1.52 bits per heavy atom. The van der Waals surface area contributed by atoms with Crippen LogP contribution in [0.25, 0.3) is 11.2 Å². The molecule has 4 rings (SSSR count). The highest BCUT2D eigenvalue weighted by Gasteiger charge is 2.59. The second-order valence-electron chi connectivity index (χ2n) is 5.62. The van der Waals surface area contributed by atoms with E-state index in [1.54, 1.807) is 0 Å². The zero-order valence-electron chi connectivity index (χ0n) is 13.7. The highest BCUT2D eigenvalue weighted by molar-refractivity contribution is 5.71. The maximum Gasteiger partial charge on any atom is 0.302 e. The second-order valence-corrected chi connectivity index (χ2v) is 5.62. The molecule has 1 aliphatic heterocycles. The molecule has 1 saturated heterocycles. The molecule has 4 atom stereocenters. The number of ether oxygens (including phenoxy) is 1. The minimum Gasteiger partial charge on any atom is -0.464 e. The lowest BCUT2D eigenvalue weighted by molar-refractivity contribution is -0.127. The number of nitrogen functional groups attached to an aromatic ring is 1. The molecular weight excluding hydrogens is 334 g/mol. The highest BCUT2D eigenvalue weighted by atomic mass is 16.6. The van der Waals surface area contributed by atoms with Gasteiger partial charge in [-0.25, -0.2) is 4.98 Å². The van der Waals surface area contributed by atoms with Crippen LogP contribution in [-0.2, 0) is 10.5 Å². The Hall–Kier alpha value is -2.73. The van der Waals surface area contributed by atoms with Gasteiger partial charge >= 0.3 is 5.56 Å². The molecule has 11 heteroatoms. The molecular formula is C14H15N5O6. The van der Waals surface area contributed by atoms with E-state index in [0.29, 0.717) is 4.98 Å². The molecule has 0 radical (unpaired) electrons. The lowest BCUT2D eigenvalue weighted by Gasteiger charge is -2.31. The number of imidazole rings is 1. The summed E-state index contributed by atoms with van der Waals surface area (Å²) in [6, 6.07) is 3.02. The molecule has 1 aliphatic rings. The van der Waals surface area contributed by atoms with E-state index in [1.165, 1.54) is 18.4 Å². The van der Waals surface area contributed by atoms with Crippen LogP contribution in [0.4, 0.5) is 5.95 Å². The minimum absolute atomic E-state index is 0.0714. The lowest BCUT2D eigenvalue weighted by Crippen LogP contribution is -2.46. The monoisotopic (exact) mass is 350 g/mol. The van der Waals surface area contributed by atoms with Crippen LogP contribution in [0.15, 0.2) is 33.9 Å². The third-order valence-electron chi connectivity index (χ3n) is 4.23. The topological polar surface area (TPSA) is 173 Å². The Morgan fingerprint density at radius 2 is 2.32 bits per heavy atom. The quantitative estimate of drug-likeness (QED) is 0.362. The molecule has 0 aromatic carbocycles. The van der Waals surface area contributed by atoms with Gasteiger partial charge in [0.25, 0.3) is 0 Å². The first-order valence-electron chi connectivity index (χ1n) is 7.80. The van der Waals surface area contributed by atoms with Gasteiger partial charge in [-0.3, -0.25) is 9.36 Å². The normalized spacial score (nSPS) is 30.0. The first kappa shape index (κ1) is 14.6. The fraction of sp³-hybridized carbons (Fsp3) is 0.357. The van der Waals surface area contributed by atoms with Crippen molar-refractivity contribution < 1.29 is 25.9 Å². The summed E-state index contributed by atoms with van der Waals surface area (Å²) in [6.07, 6.45) is -1.73. The summed E-state index contributed by atoms with van der Waals surface area (Å²) < 4.78 is 20.4. The third kappa shape index (κ3) is 2.04. The molecule has 1 fully saturated rings. The van der Waals surface area contributed by atoms with E-state index in [9.17, 15) is 20.1 Å². The average Bonchev–Trinajstić information content (AvgIpc) is 3.34. The van der Waals surface area contributed by atoms with E-state index >= 15 is 0 Å². The van der Waals surface area contributed by atoms with Crippen LogP contribution >= 0.6 is 0 Å². The van der Waals surface area contributed by atoms with Gasteiger partial charge in [0.15, 0.2) is 12.7 Å². The van der Waals surface area contributed by atoms with Crippen LogP contribution in [-0.4, -0.2) is 59.8 Å². The van der Waals surface area contributed by atoms with E-state index in [2.05, 4.69) is 9.97 Å². The Morgan fingerprint density at radius 3 is 2.96 bits per heavy atom. The summed E-state index contributed by atoms with van der Waals surface area (Å²) in [6.45, 7) is -0.579. The van der Waals surface area contributed by atoms with Crippen LogP contribution in [0.5, 0.6) is 0 Å². The SMILES string of the molecule is [2H]n1c(N)nc(=O)c2ncn([C@]3(c4ccco4)O[C@H](CO)[C@@H](O)[C@H]3O)c21. The molecule has 0 aliphatic carbocycles. The first-order chi connectivity index (χ1) is 12.4. The number of aromatic amines is 1. The number of furan rings is 1. The zero-order valence-corrected chi connectivity index (χ0v) is 12.7. The van der Waals surface area contributed by atoms with Gasteiger partial charge in [-0.1, -0.05) is 0 Å². The van der Waals surface area contributed by atoms with Crippen molar-refractivity contribution in [3.63, 3.8) is 0 Å². The number of aliphatic hydroxyl groups is 3. The van der Waals surface area contributed by atoms with E-state index in [-0.39, 0.29) is 16.9 Å². The van der Waals surface area contributed by atoms with Gasteiger partial charge in [0, 0.05) is 0 Å². The number of fused-ring (bicyclic) bond motifs is 1. The number of rotatable bonds is 3. The average molecular weight is 350 g/mol. The van der Waals surface area contributed by atoms with Gasteiger partial charge < -0.3 is 35.2 Å². The molecule has 0 amide bonds. The predicted octanol–water partition coefficient (Wildman–Crippen LogP) is -1.89. The van der Waals surface area contributed by atoms with E-state index in [1.807, 2.05) is 0 Å². The van der Waals surface area contributed by atoms with Crippen molar-refractivity contribution in [1.82, 2.24) is 19.5 Å². The summed E-state index contributed by atoms with van der Waals surface area (Å²) in [7, 11) is 0. The molecule has 132 valence electrons. The van der Waals surface area contributed by atoms with Crippen molar-refractivity contribution in [3.05, 3.63) is 40.8 Å². The predicted molar refractivity (Wildman–Crippen MR) is 82.3 cm³/mol. The Bertz CT molecular complexity index is 1020. The number of anilines is 1. The Balaban J connectivity index is 2.07. The van der Waals surface area contributed by atoms with Gasteiger partial charge in [-0.15, -0.1) is 0 Å². The number of nitrogens with two attached hydrogens (primary N) is 1. The van der Waals surface area contributed by atoms with Crippen LogP contribution < -0.4 is 11.3 Å². The fourth-order valence-electron chi connectivity index (χ4n) is 3.09. The van der Waals surface area contributed by atoms with Gasteiger partial charge in [-0.2, -0.15) is 4.98 Å². The maximum atomic E-state index is 12.1. The maximum absolute atomic E-state index is 12.1. The number of nitrogens with one attached hydrogen (secondary N) is 1. The fourth-order valence-corrected chi connectivity index (χ4v) is 3.09. The Labute approximate surface area is 140 Å². The van der Waals surface area contributed by atoms with Crippen LogP contribution in [0, 0.1) is 0 Å². The van der Waals surface area contributed by atoms with E-state index in [0.717, 1.165) is 10.9 Å². The van der Waals surface area contributed by atoms with E-state index in [4.69, 9.17) is 16.3 Å². The first-order valence-corrected chi connectivity index (χ1v) is 7.36. The van der Waals surface area contributed by atoms with Gasteiger partial charge in [-0.05, 0) is 12.1 Å². The van der Waals surface area contributed by atoms with Crippen LogP contribution in [0.3, 0.4) is 0 Å². The molecule has 0 spiro atoms. The Kier molecular flexibility index (Phi) is 3.15. The van der Waals surface area contributed by atoms with Gasteiger partial charge in [0.05, 0.1) is 12.9 Å². The third-order valence-corrected chi connectivity index (χ3v) is 4.23. The molecule has 11 nitrogen and oxygen atoms in total. The molecule has 0 saturated carbocycles. The van der Waals surface area contributed by atoms with Crippen molar-refractivity contribution in [2.75, 3.05) is 12.3 Å². The summed E-state index contributed by atoms with van der Waals surface area (Å²) >= 11 is 0.